The van der Waals surface area contributed by atoms with Gasteiger partial charge in [-0.2, -0.15) is 0 Å². The molecule has 15 heavy (non-hydrogen) atoms. The number of nitrogens with zero attached hydrogens (tertiary/aromatic N) is 4. The molecule has 0 spiro atoms. The Morgan fingerprint density at radius 3 is 3.13 bits per heavy atom. The molecule has 0 aromatic carbocycles. The van der Waals surface area contributed by atoms with Crippen LogP contribution in [0.25, 0.3) is 5.65 Å². The van der Waals surface area contributed by atoms with Gasteiger partial charge in [0, 0.05) is 24.7 Å². The molecule has 5 nitrogen and oxygen atoms in total. The fraction of sp³-hybridized carbons (Fsp3) is 0.500. The number of fused-ring (bicyclic) bond motifs is 1. The van der Waals surface area contributed by atoms with Crippen LogP contribution in [0.3, 0.4) is 0 Å². The molecule has 0 aliphatic heterocycles. The zero-order valence-electron chi connectivity index (χ0n) is 8.80. The number of rotatable bonds is 4. The molecule has 1 unspecified atom stereocenters. The summed E-state index contributed by atoms with van der Waals surface area (Å²) in [6.07, 6.45) is 6.41. The fourth-order valence-corrected chi connectivity index (χ4v) is 1.54. The predicted molar refractivity (Wildman–Crippen MR) is 57.4 cm³/mol. The molecule has 5 heteroatoms. The van der Waals surface area contributed by atoms with Gasteiger partial charge in [-0.05, 0) is 19.8 Å². The van der Waals surface area contributed by atoms with E-state index in [1.165, 1.54) is 0 Å². The van der Waals surface area contributed by atoms with Crippen LogP contribution in [0.5, 0.6) is 0 Å². The largest absolute Gasteiger partial charge is 0.328 e. The predicted octanol–water partition coefficient (Wildman–Crippen LogP) is 0.794. The van der Waals surface area contributed by atoms with Gasteiger partial charge in [0.1, 0.15) is 12.2 Å². The summed E-state index contributed by atoms with van der Waals surface area (Å²) < 4.78 is 1.92. The van der Waals surface area contributed by atoms with Gasteiger partial charge in [0.05, 0.1) is 0 Å². The van der Waals surface area contributed by atoms with Crippen molar-refractivity contribution >= 4 is 5.65 Å². The van der Waals surface area contributed by atoms with Crippen LogP contribution >= 0.6 is 0 Å². The number of nitrogens with two attached hydrogens (primary N) is 1. The van der Waals surface area contributed by atoms with Gasteiger partial charge in [0.15, 0.2) is 5.65 Å². The Morgan fingerprint density at radius 2 is 2.33 bits per heavy atom. The Labute approximate surface area is 88.3 Å². The minimum Gasteiger partial charge on any atom is -0.328 e. The summed E-state index contributed by atoms with van der Waals surface area (Å²) in [5, 5.41) is 8.18. The highest BCUT2D eigenvalue weighted by molar-refractivity contribution is 5.35. The first-order valence-electron chi connectivity index (χ1n) is 5.16. The molecule has 0 saturated carbocycles. The summed E-state index contributed by atoms with van der Waals surface area (Å²) in [6.45, 7) is 2.02. The van der Waals surface area contributed by atoms with Crippen LogP contribution in [0.1, 0.15) is 25.6 Å². The zero-order chi connectivity index (χ0) is 10.7. The third-order valence-electron chi connectivity index (χ3n) is 2.34. The standard InChI is InChI=1S/C10H15N5/c1-8(11)3-2-4-9-13-14-10-5-6-12-7-15(9)10/h5-8H,2-4,11H2,1H3. The van der Waals surface area contributed by atoms with Crippen LogP contribution in [0.15, 0.2) is 18.6 Å². The second kappa shape index (κ2) is 4.35. The lowest BCUT2D eigenvalue weighted by Gasteiger charge is -2.02. The van der Waals surface area contributed by atoms with E-state index in [2.05, 4.69) is 15.2 Å². The Morgan fingerprint density at radius 1 is 1.47 bits per heavy atom. The quantitative estimate of drug-likeness (QED) is 0.801. The van der Waals surface area contributed by atoms with Crippen molar-refractivity contribution in [1.29, 1.82) is 0 Å². The second-order valence-electron chi connectivity index (χ2n) is 3.79. The maximum Gasteiger partial charge on any atom is 0.163 e. The summed E-state index contributed by atoms with van der Waals surface area (Å²) in [5.74, 6) is 0.957. The first-order chi connectivity index (χ1) is 7.27. The van der Waals surface area contributed by atoms with E-state index >= 15 is 0 Å². The molecule has 0 fully saturated rings. The molecule has 0 saturated heterocycles. The van der Waals surface area contributed by atoms with E-state index in [9.17, 15) is 0 Å². The summed E-state index contributed by atoms with van der Waals surface area (Å²) in [5.41, 5.74) is 6.54. The average molecular weight is 205 g/mol. The van der Waals surface area contributed by atoms with Crippen LogP contribution in [0.4, 0.5) is 0 Å². The normalized spacial score (nSPS) is 13.2. The maximum absolute atomic E-state index is 5.69. The van der Waals surface area contributed by atoms with Crippen LogP contribution in [-0.2, 0) is 6.42 Å². The maximum atomic E-state index is 5.69. The Balaban J connectivity index is 2.08. The highest BCUT2D eigenvalue weighted by Crippen LogP contribution is 2.05. The average Bonchev–Trinajstić information content (AvgIpc) is 2.62. The second-order valence-corrected chi connectivity index (χ2v) is 3.79. The molecule has 0 bridgehead atoms. The van der Waals surface area contributed by atoms with Crippen LogP contribution in [0.2, 0.25) is 0 Å². The van der Waals surface area contributed by atoms with Crippen LogP contribution in [0, 0.1) is 0 Å². The molecule has 2 aromatic rings. The van der Waals surface area contributed by atoms with E-state index in [4.69, 9.17) is 5.73 Å². The van der Waals surface area contributed by atoms with Gasteiger partial charge >= 0.3 is 0 Å². The molecule has 2 rings (SSSR count). The third-order valence-corrected chi connectivity index (χ3v) is 2.34. The third kappa shape index (κ3) is 2.30. The smallest absolute Gasteiger partial charge is 0.163 e. The first-order valence-corrected chi connectivity index (χ1v) is 5.16. The summed E-state index contributed by atoms with van der Waals surface area (Å²) in [4.78, 5) is 4.05. The van der Waals surface area contributed by atoms with Crippen molar-refractivity contribution in [2.75, 3.05) is 0 Å². The number of hydrogen-bond acceptors (Lipinski definition) is 4. The Kier molecular flexibility index (Phi) is 2.91. The van der Waals surface area contributed by atoms with E-state index in [0.29, 0.717) is 0 Å². The topological polar surface area (TPSA) is 69.1 Å². The highest BCUT2D eigenvalue weighted by atomic mass is 15.3. The molecule has 2 heterocycles. The fourth-order valence-electron chi connectivity index (χ4n) is 1.54. The molecule has 0 amide bonds. The van der Waals surface area contributed by atoms with Crippen molar-refractivity contribution in [3.8, 4) is 0 Å². The number of aromatic nitrogens is 4. The summed E-state index contributed by atoms with van der Waals surface area (Å²) >= 11 is 0. The minimum absolute atomic E-state index is 0.252. The molecule has 2 aromatic heterocycles. The molecular weight excluding hydrogens is 190 g/mol. The van der Waals surface area contributed by atoms with Crippen LogP contribution < -0.4 is 5.73 Å². The van der Waals surface area contributed by atoms with E-state index in [-0.39, 0.29) is 6.04 Å². The van der Waals surface area contributed by atoms with Gasteiger partial charge in [0.25, 0.3) is 0 Å². The lowest BCUT2D eigenvalue weighted by Crippen LogP contribution is -2.14. The van der Waals surface area contributed by atoms with Gasteiger partial charge in [-0.15, -0.1) is 10.2 Å². The monoisotopic (exact) mass is 205 g/mol. The van der Waals surface area contributed by atoms with Gasteiger partial charge in [-0.1, -0.05) is 0 Å². The molecule has 80 valence electrons. The Hall–Kier alpha value is -1.49. The highest BCUT2D eigenvalue weighted by Gasteiger charge is 2.04. The van der Waals surface area contributed by atoms with Gasteiger partial charge < -0.3 is 5.73 Å². The SMILES string of the molecule is CC(N)CCCc1nnc2ccncn12. The zero-order valence-corrected chi connectivity index (χ0v) is 8.80. The van der Waals surface area contributed by atoms with E-state index < -0.39 is 0 Å². The van der Waals surface area contributed by atoms with Crippen molar-refractivity contribution < 1.29 is 0 Å². The lowest BCUT2D eigenvalue weighted by atomic mass is 10.1. The van der Waals surface area contributed by atoms with Gasteiger partial charge in [-0.3, -0.25) is 4.40 Å². The summed E-state index contributed by atoms with van der Waals surface area (Å²) in [6, 6.07) is 2.10. The Bertz CT molecular complexity index is 434. The summed E-state index contributed by atoms with van der Waals surface area (Å²) in [7, 11) is 0. The molecule has 0 aliphatic rings. The van der Waals surface area contributed by atoms with Crippen LogP contribution in [-0.4, -0.2) is 25.6 Å². The van der Waals surface area contributed by atoms with Gasteiger partial charge in [0.2, 0.25) is 0 Å². The van der Waals surface area contributed by atoms with Crippen molar-refractivity contribution in [3.63, 3.8) is 0 Å². The van der Waals surface area contributed by atoms with Crippen molar-refractivity contribution in [3.05, 3.63) is 24.4 Å². The van der Waals surface area contributed by atoms with E-state index in [0.717, 1.165) is 30.7 Å². The lowest BCUT2D eigenvalue weighted by molar-refractivity contribution is 0.611. The van der Waals surface area contributed by atoms with E-state index in [1.807, 2.05) is 17.4 Å². The first kappa shape index (κ1) is 10.0. The number of aryl methyl sites for hydroxylation is 1. The minimum atomic E-state index is 0.252. The van der Waals surface area contributed by atoms with Crippen molar-refractivity contribution in [2.45, 2.75) is 32.2 Å². The van der Waals surface area contributed by atoms with E-state index in [1.54, 1.807) is 12.5 Å². The molecule has 0 aliphatic carbocycles. The molecule has 0 radical (unpaired) electrons. The molecule has 2 N–H and O–H groups in total. The van der Waals surface area contributed by atoms with Crippen molar-refractivity contribution in [2.24, 2.45) is 5.73 Å². The van der Waals surface area contributed by atoms with Crippen molar-refractivity contribution in [1.82, 2.24) is 19.6 Å². The molecule has 1 atom stereocenters. The molecular formula is C10H15N5. The number of hydrogen-bond donors (Lipinski definition) is 1. The van der Waals surface area contributed by atoms with Gasteiger partial charge in [-0.25, -0.2) is 4.98 Å².